The van der Waals surface area contributed by atoms with Crippen LogP contribution >= 0.6 is 0 Å². The van der Waals surface area contributed by atoms with Gasteiger partial charge in [0.1, 0.15) is 18.0 Å². The van der Waals surface area contributed by atoms with Crippen molar-refractivity contribution in [2.24, 2.45) is 5.92 Å². The van der Waals surface area contributed by atoms with Gasteiger partial charge in [-0.3, -0.25) is 19.3 Å². The Kier molecular flexibility index (Phi) is 3.71. The minimum Gasteiger partial charge on any atom is -0.502 e. The van der Waals surface area contributed by atoms with Crippen molar-refractivity contribution in [1.82, 2.24) is 9.58 Å². The lowest BCUT2D eigenvalue weighted by atomic mass is 9.81. The molecule has 0 fully saturated rings. The maximum absolute atomic E-state index is 15.3. The first kappa shape index (κ1) is 19.1. The lowest BCUT2D eigenvalue weighted by Crippen LogP contribution is -2.62. The van der Waals surface area contributed by atoms with Gasteiger partial charge in [0.15, 0.2) is 11.4 Å². The minimum atomic E-state index is -0.730. The number of halogens is 1. The smallest absolute Gasteiger partial charge is 0.277 e. The fraction of sp³-hybridized carbons (Fsp3) is 0.280. The predicted molar refractivity (Wildman–Crippen MR) is 117 cm³/mol. The van der Waals surface area contributed by atoms with Gasteiger partial charge in [0.2, 0.25) is 5.43 Å². The van der Waals surface area contributed by atoms with E-state index in [-0.39, 0.29) is 24.1 Å². The first-order chi connectivity index (χ1) is 15.4. The summed E-state index contributed by atoms with van der Waals surface area (Å²) >= 11 is 0. The van der Waals surface area contributed by atoms with E-state index in [1.54, 1.807) is 18.6 Å². The number of aromatic hydroxyl groups is 1. The molecular formula is C25H22FN3O3. The van der Waals surface area contributed by atoms with Gasteiger partial charge < -0.3 is 10.0 Å². The topological polar surface area (TPSA) is 65.8 Å². The van der Waals surface area contributed by atoms with Crippen molar-refractivity contribution in [3.8, 4) is 5.75 Å². The Hall–Kier alpha value is -3.61. The van der Waals surface area contributed by atoms with E-state index in [1.165, 1.54) is 22.7 Å². The first-order valence-corrected chi connectivity index (χ1v) is 10.7. The van der Waals surface area contributed by atoms with Crippen LogP contribution in [0.2, 0.25) is 0 Å². The zero-order valence-electron chi connectivity index (χ0n) is 17.8. The van der Waals surface area contributed by atoms with Gasteiger partial charge >= 0.3 is 0 Å². The SMILES string of the molecule is Cc1ccc2c(c1F)CC1Cc3ccccc3C21N1CN(C)C(=O)c2c(O)c(=O)ccn21. The molecule has 32 heavy (non-hydrogen) atoms. The molecule has 2 unspecified atom stereocenters. The summed E-state index contributed by atoms with van der Waals surface area (Å²) in [5.41, 5.74) is 3.05. The van der Waals surface area contributed by atoms with Gasteiger partial charge in [-0.25, -0.2) is 4.39 Å². The molecule has 3 aliphatic rings. The third-order valence-electron chi connectivity index (χ3n) is 7.40. The van der Waals surface area contributed by atoms with Crippen molar-refractivity contribution in [2.75, 3.05) is 18.7 Å². The number of pyridine rings is 1. The summed E-state index contributed by atoms with van der Waals surface area (Å²) in [6.07, 6.45) is 2.89. The van der Waals surface area contributed by atoms with Crippen LogP contribution in [0.15, 0.2) is 53.5 Å². The van der Waals surface area contributed by atoms with Crippen LogP contribution in [0.5, 0.6) is 5.75 Å². The highest BCUT2D eigenvalue weighted by Gasteiger charge is 2.59. The Balaban J connectivity index is 1.71. The van der Waals surface area contributed by atoms with E-state index in [9.17, 15) is 14.7 Å². The molecule has 0 bridgehead atoms. The van der Waals surface area contributed by atoms with E-state index in [2.05, 4.69) is 12.1 Å². The molecule has 1 aliphatic heterocycles. The van der Waals surface area contributed by atoms with E-state index in [1.807, 2.05) is 29.3 Å². The molecule has 2 heterocycles. The summed E-state index contributed by atoms with van der Waals surface area (Å²) in [7, 11) is 1.65. The normalized spacial score (nSPS) is 23.1. The van der Waals surface area contributed by atoms with E-state index < -0.39 is 22.6 Å². The predicted octanol–water partition coefficient (Wildman–Crippen LogP) is 2.65. The van der Waals surface area contributed by atoms with E-state index in [0.717, 1.165) is 17.5 Å². The molecule has 0 spiro atoms. The molecule has 6 nitrogen and oxygen atoms in total. The minimum absolute atomic E-state index is 0.0437. The highest BCUT2D eigenvalue weighted by atomic mass is 19.1. The van der Waals surface area contributed by atoms with E-state index >= 15 is 4.39 Å². The maximum Gasteiger partial charge on any atom is 0.277 e. The molecular weight excluding hydrogens is 409 g/mol. The number of aromatic nitrogens is 1. The molecule has 0 saturated carbocycles. The van der Waals surface area contributed by atoms with Crippen LogP contribution in [0.25, 0.3) is 0 Å². The van der Waals surface area contributed by atoms with Crippen LogP contribution in [0, 0.1) is 18.7 Å². The number of aryl methyl sites for hydroxylation is 1. The first-order valence-electron chi connectivity index (χ1n) is 10.7. The fourth-order valence-corrected chi connectivity index (χ4v) is 6.03. The molecule has 2 atom stereocenters. The summed E-state index contributed by atoms with van der Waals surface area (Å²) in [5, 5.41) is 12.5. The van der Waals surface area contributed by atoms with Crippen LogP contribution in [-0.2, 0) is 18.4 Å². The van der Waals surface area contributed by atoms with Gasteiger partial charge in [-0.2, -0.15) is 0 Å². The number of carbonyl (C=O) groups is 1. The second-order valence-corrected chi connectivity index (χ2v) is 9.02. The Morgan fingerprint density at radius 1 is 1.06 bits per heavy atom. The van der Waals surface area contributed by atoms with Crippen molar-refractivity contribution < 1.29 is 14.3 Å². The van der Waals surface area contributed by atoms with Gasteiger partial charge in [0, 0.05) is 25.2 Å². The second kappa shape index (κ2) is 6.22. The summed E-state index contributed by atoms with van der Waals surface area (Å²) < 4.78 is 16.9. The third-order valence-corrected chi connectivity index (χ3v) is 7.40. The van der Waals surface area contributed by atoms with Crippen LogP contribution in [-0.4, -0.2) is 34.3 Å². The standard InChI is InChI=1S/C25H22FN3O3/c1-14-7-8-19-17(21(14)26)12-16-11-15-5-3-4-6-18(15)25(16,19)29-13-27(2)24(32)22-23(31)20(30)9-10-28(22)29/h3-10,16,31H,11-13H2,1-2H3. The van der Waals surface area contributed by atoms with Crippen molar-refractivity contribution in [3.05, 3.63) is 98.2 Å². The van der Waals surface area contributed by atoms with Crippen LogP contribution in [0.4, 0.5) is 4.39 Å². The number of fused-ring (bicyclic) bond motifs is 6. The van der Waals surface area contributed by atoms with E-state index in [4.69, 9.17) is 0 Å². The molecule has 3 aromatic rings. The molecule has 1 N–H and O–H groups in total. The molecule has 1 aromatic heterocycles. The van der Waals surface area contributed by atoms with Crippen molar-refractivity contribution in [3.63, 3.8) is 0 Å². The highest BCUT2D eigenvalue weighted by Crippen LogP contribution is 2.57. The molecule has 1 amide bonds. The average molecular weight is 431 g/mol. The number of nitrogens with zero attached hydrogens (tertiary/aromatic N) is 3. The number of rotatable bonds is 1. The van der Waals surface area contributed by atoms with Gasteiger partial charge in [-0.15, -0.1) is 0 Å². The summed E-state index contributed by atoms with van der Waals surface area (Å²) in [6.45, 7) is 2.00. The number of hydrogen-bond donors (Lipinski definition) is 1. The van der Waals surface area contributed by atoms with Crippen molar-refractivity contribution in [2.45, 2.75) is 25.3 Å². The third kappa shape index (κ3) is 2.13. The molecule has 162 valence electrons. The maximum atomic E-state index is 15.3. The Labute approximate surface area is 184 Å². The molecule has 2 aromatic carbocycles. The summed E-state index contributed by atoms with van der Waals surface area (Å²) in [5.74, 6) is -1.13. The van der Waals surface area contributed by atoms with Gasteiger partial charge in [-0.05, 0) is 47.6 Å². The molecule has 0 radical (unpaired) electrons. The lowest BCUT2D eigenvalue weighted by molar-refractivity contribution is 0.0697. The van der Waals surface area contributed by atoms with Crippen LogP contribution < -0.4 is 10.4 Å². The molecule has 0 saturated heterocycles. The van der Waals surface area contributed by atoms with Crippen LogP contribution in [0.3, 0.4) is 0 Å². The second-order valence-electron chi connectivity index (χ2n) is 9.02. The number of hydrogen-bond acceptors (Lipinski definition) is 4. The van der Waals surface area contributed by atoms with Gasteiger partial charge in [0.05, 0.1) is 0 Å². The largest absolute Gasteiger partial charge is 0.502 e. The zero-order chi connectivity index (χ0) is 22.4. The Morgan fingerprint density at radius 2 is 1.84 bits per heavy atom. The Morgan fingerprint density at radius 3 is 2.66 bits per heavy atom. The molecule has 6 rings (SSSR count). The van der Waals surface area contributed by atoms with Crippen molar-refractivity contribution >= 4 is 5.91 Å². The number of benzene rings is 2. The van der Waals surface area contributed by atoms with Gasteiger partial charge in [-0.1, -0.05) is 36.4 Å². The lowest BCUT2D eigenvalue weighted by Gasteiger charge is -2.50. The van der Waals surface area contributed by atoms with Gasteiger partial charge in [0.25, 0.3) is 5.91 Å². The fourth-order valence-electron chi connectivity index (χ4n) is 6.03. The highest BCUT2D eigenvalue weighted by molar-refractivity contribution is 5.96. The quantitative estimate of drug-likeness (QED) is 0.644. The Bertz CT molecular complexity index is 1380. The number of amides is 1. The zero-order valence-corrected chi connectivity index (χ0v) is 17.8. The van der Waals surface area contributed by atoms with Crippen LogP contribution in [0.1, 0.15) is 38.3 Å². The average Bonchev–Trinajstić information content (AvgIpc) is 3.27. The molecule has 2 aliphatic carbocycles. The monoisotopic (exact) mass is 431 g/mol. The van der Waals surface area contributed by atoms with Crippen molar-refractivity contribution in [1.29, 1.82) is 0 Å². The summed E-state index contributed by atoms with van der Waals surface area (Å²) in [6, 6.07) is 13.2. The molecule has 7 heteroatoms. The number of carbonyl (C=O) groups excluding carboxylic acids is 1. The summed E-state index contributed by atoms with van der Waals surface area (Å²) in [4.78, 5) is 26.6. The van der Waals surface area contributed by atoms with E-state index in [0.29, 0.717) is 17.5 Å².